The number of alkyl halides is 3. The second-order valence-electron chi connectivity index (χ2n) is 5.36. The quantitative estimate of drug-likeness (QED) is 0.428. The lowest BCUT2D eigenvalue weighted by Crippen LogP contribution is -2.07. The van der Waals surface area contributed by atoms with Crippen LogP contribution in [-0.2, 0) is 6.18 Å². The van der Waals surface area contributed by atoms with Gasteiger partial charge in [0.1, 0.15) is 5.75 Å². The minimum absolute atomic E-state index is 0.355. The van der Waals surface area contributed by atoms with Crippen molar-refractivity contribution in [2.24, 2.45) is 0 Å². The smallest absolute Gasteiger partial charge is 0.416 e. The van der Waals surface area contributed by atoms with Crippen LogP contribution in [0.5, 0.6) is 5.75 Å². The molecule has 2 rings (SSSR count). The molecular formula is C21H19F3O. The molecule has 1 nitrogen and oxygen atoms in total. The van der Waals surface area contributed by atoms with E-state index in [0.29, 0.717) is 34.4 Å². The second kappa shape index (κ2) is 7.88. The molecule has 25 heavy (non-hydrogen) atoms. The van der Waals surface area contributed by atoms with E-state index in [-0.39, 0.29) is 0 Å². The third-order valence-electron chi connectivity index (χ3n) is 3.74. The van der Waals surface area contributed by atoms with Gasteiger partial charge in [-0.25, -0.2) is 0 Å². The third kappa shape index (κ3) is 4.21. The third-order valence-corrected chi connectivity index (χ3v) is 3.74. The van der Waals surface area contributed by atoms with Gasteiger partial charge in [-0.1, -0.05) is 55.1 Å². The van der Waals surface area contributed by atoms with Gasteiger partial charge in [-0.05, 0) is 29.7 Å². The number of hydrogen-bond acceptors (Lipinski definition) is 1. The molecule has 2 aromatic carbocycles. The molecule has 0 fully saturated rings. The number of methoxy groups -OCH3 is 1. The van der Waals surface area contributed by atoms with Crippen molar-refractivity contribution < 1.29 is 17.9 Å². The summed E-state index contributed by atoms with van der Waals surface area (Å²) in [5, 5.41) is 0. The molecule has 0 spiro atoms. The van der Waals surface area contributed by atoms with Crippen LogP contribution in [0.15, 0.2) is 73.9 Å². The van der Waals surface area contributed by atoms with Crippen molar-refractivity contribution in [1.82, 2.24) is 0 Å². The van der Waals surface area contributed by atoms with Gasteiger partial charge in [-0.2, -0.15) is 13.2 Å². The van der Waals surface area contributed by atoms with E-state index in [9.17, 15) is 13.2 Å². The summed E-state index contributed by atoms with van der Waals surface area (Å²) >= 11 is 0. The Bertz CT molecular complexity index is 787. The zero-order chi connectivity index (χ0) is 18.4. The molecule has 0 heterocycles. The predicted octanol–water partition coefficient (Wildman–Crippen LogP) is 6.53. The fourth-order valence-corrected chi connectivity index (χ4v) is 2.57. The number of benzene rings is 2. The molecule has 0 saturated heterocycles. The molecule has 0 aliphatic rings. The molecule has 0 bridgehead atoms. The SMILES string of the molecule is C=CC/C=C(\C=C)c1cc(C(F)(F)F)cc(-c2ccccc2)c1OC. The Kier molecular flexibility index (Phi) is 5.86. The van der Waals surface area contributed by atoms with Gasteiger partial charge in [-0.3, -0.25) is 0 Å². The Labute approximate surface area is 145 Å². The van der Waals surface area contributed by atoms with Gasteiger partial charge in [0.05, 0.1) is 12.7 Å². The minimum Gasteiger partial charge on any atom is -0.495 e. The Morgan fingerprint density at radius 2 is 1.80 bits per heavy atom. The Morgan fingerprint density at radius 1 is 1.12 bits per heavy atom. The van der Waals surface area contributed by atoms with E-state index in [0.717, 1.165) is 12.1 Å². The van der Waals surface area contributed by atoms with Crippen LogP contribution < -0.4 is 4.74 Å². The number of ether oxygens (including phenoxy) is 1. The predicted molar refractivity (Wildman–Crippen MR) is 96.4 cm³/mol. The normalized spacial score (nSPS) is 11.9. The first-order valence-corrected chi connectivity index (χ1v) is 7.71. The standard InChI is InChI=1S/C21H19F3O/c1-4-6-10-15(5-2)18-13-17(21(22,23)24)14-19(20(18)25-3)16-11-8-7-9-12-16/h4-5,7-14H,1-2,6H2,3H3/b15-10+. The van der Waals surface area contributed by atoms with Crippen LogP contribution in [0.1, 0.15) is 17.5 Å². The molecule has 0 saturated carbocycles. The Balaban J connectivity index is 2.81. The van der Waals surface area contributed by atoms with Gasteiger partial charge in [-0.15, -0.1) is 6.58 Å². The molecule has 0 atom stereocenters. The molecule has 0 radical (unpaired) electrons. The molecule has 4 heteroatoms. The van der Waals surface area contributed by atoms with Gasteiger partial charge >= 0.3 is 6.18 Å². The Morgan fingerprint density at radius 3 is 2.32 bits per heavy atom. The molecule has 130 valence electrons. The van der Waals surface area contributed by atoms with E-state index in [1.165, 1.54) is 13.2 Å². The zero-order valence-electron chi connectivity index (χ0n) is 13.9. The summed E-state index contributed by atoms with van der Waals surface area (Å²) < 4.78 is 45.7. The largest absolute Gasteiger partial charge is 0.495 e. The van der Waals surface area contributed by atoms with E-state index in [1.54, 1.807) is 36.4 Å². The summed E-state index contributed by atoms with van der Waals surface area (Å²) in [6.07, 6.45) is 1.02. The highest BCUT2D eigenvalue weighted by molar-refractivity contribution is 5.85. The first kappa shape index (κ1) is 18.6. The number of halogens is 3. The fourth-order valence-electron chi connectivity index (χ4n) is 2.57. The molecule has 0 N–H and O–H groups in total. The molecule has 0 aliphatic carbocycles. The summed E-state index contributed by atoms with van der Waals surface area (Å²) in [6.45, 7) is 7.36. The summed E-state index contributed by atoms with van der Waals surface area (Å²) in [4.78, 5) is 0. The number of rotatable bonds is 6. The minimum atomic E-state index is -4.46. The average Bonchev–Trinajstić information content (AvgIpc) is 2.61. The van der Waals surface area contributed by atoms with Crippen LogP contribution in [0.4, 0.5) is 13.2 Å². The molecule has 0 amide bonds. The fraction of sp³-hybridized carbons (Fsp3) is 0.143. The number of hydrogen-bond donors (Lipinski definition) is 0. The van der Waals surface area contributed by atoms with Crippen molar-refractivity contribution in [1.29, 1.82) is 0 Å². The van der Waals surface area contributed by atoms with Crippen molar-refractivity contribution in [2.45, 2.75) is 12.6 Å². The van der Waals surface area contributed by atoms with Crippen LogP contribution in [0.2, 0.25) is 0 Å². The van der Waals surface area contributed by atoms with Crippen molar-refractivity contribution in [3.63, 3.8) is 0 Å². The highest BCUT2D eigenvalue weighted by Gasteiger charge is 2.33. The highest BCUT2D eigenvalue weighted by Crippen LogP contribution is 2.42. The van der Waals surface area contributed by atoms with E-state index in [4.69, 9.17) is 4.74 Å². The summed E-state index contributed by atoms with van der Waals surface area (Å²) in [7, 11) is 1.45. The maximum absolute atomic E-state index is 13.4. The van der Waals surface area contributed by atoms with E-state index in [1.807, 2.05) is 6.07 Å². The number of allylic oxidation sites excluding steroid dienone is 4. The van der Waals surface area contributed by atoms with Gasteiger partial charge in [0.15, 0.2) is 0 Å². The van der Waals surface area contributed by atoms with Crippen molar-refractivity contribution in [2.75, 3.05) is 7.11 Å². The van der Waals surface area contributed by atoms with Crippen molar-refractivity contribution in [3.05, 3.63) is 85.0 Å². The molecule has 0 aliphatic heterocycles. The lowest BCUT2D eigenvalue weighted by atomic mass is 9.93. The van der Waals surface area contributed by atoms with Crippen LogP contribution >= 0.6 is 0 Å². The van der Waals surface area contributed by atoms with E-state index in [2.05, 4.69) is 13.2 Å². The first-order chi connectivity index (χ1) is 11.9. The zero-order valence-corrected chi connectivity index (χ0v) is 13.9. The molecule has 2 aromatic rings. The summed E-state index contributed by atoms with van der Waals surface area (Å²) in [5.41, 5.74) is 1.24. The van der Waals surface area contributed by atoms with Crippen LogP contribution in [0.3, 0.4) is 0 Å². The van der Waals surface area contributed by atoms with Gasteiger partial charge in [0.25, 0.3) is 0 Å². The second-order valence-corrected chi connectivity index (χ2v) is 5.36. The maximum atomic E-state index is 13.4. The topological polar surface area (TPSA) is 9.23 Å². The first-order valence-electron chi connectivity index (χ1n) is 7.71. The Hall–Kier alpha value is -2.75. The van der Waals surface area contributed by atoms with Gasteiger partial charge < -0.3 is 4.74 Å². The molecular weight excluding hydrogens is 325 g/mol. The maximum Gasteiger partial charge on any atom is 0.416 e. The van der Waals surface area contributed by atoms with E-state index < -0.39 is 11.7 Å². The summed E-state index contributed by atoms with van der Waals surface area (Å²) in [5.74, 6) is 0.384. The lowest BCUT2D eigenvalue weighted by Gasteiger charge is -2.18. The summed E-state index contributed by atoms with van der Waals surface area (Å²) in [6, 6.07) is 11.1. The highest BCUT2D eigenvalue weighted by atomic mass is 19.4. The molecule has 0 aromatic heterocycles. The van der Waals surface area contributed by atoms with Crippen LogP contribution in [0, 0.1) is 0 Å². The van der Waals surface area contributed by atoms with Crippen LogP contribution in [0.25, 0.3) is 16.7 Å². The monoisotopic (exact) mass is 344 g/mol. The van der Waals surface area contributed by atoms with Crippen molar-refractivity contribution >= 4 is 5.57 Å². The van der Waals surface area contributed by atoms with Crippen LogP contribution in [-0.4, -0.2) is 7.11 Å². The molecule has 0 unspecified atom stereocenters. The van der Waals surface area contributed by atoms with Crippen molar-refractivity contribution in [3.8, 4) is 16.9 Å². The lowest BCUT2D eigenvalue weighted by molar-refractivity contribution is -0.137. The van der Waals surface area contributed by atoms with Gasteiger partial charge in [0, 0.05) is 11.1 Å². The average molecular weight is 344 g/mol. The van der Waals surface area contributed by atoms with E-state index >= 15 is 0 Å². The van der Waals surface area contributed by atoms with Gasteiger partial charge in [0.2, 0.25) is 0 Å².